The van der Waals surface area contributed by atoms with Crippen LogP contribution in [0.2, 0.25) is 0 Å². The molecule has 8 heteroatoms. The number of amides is 1. The van der Waals surface area contributed by atoms with Gasteiger partial charge in [-0.25, -0.2) is 4.98 Å². The predicted molar refractivity (Wildman–Crippen MR) is 105 cm³/mol. The standard InChI is InChI=1S/C19H30N4O3S/c1-22-6-4-19(25,5-7-22)13-20-17(24)14-2-3-16-15(12-14)21-18(27-16)23-8-10-26-11-9-23/h14,25H,2-13H2,1H3,(H,20,24). The van der Waals surface area contributed by atoms with Crippen molar-refractivity contribution in [2.45, 2.75) is 37.7 Å². The van der Waals surface area contributed by atoms with Crippen molar-refractivity contribution in [1.29, 1.82) is 0 Å². The number of anilines is 1. The highest BCUT2D eigenvalue weighted by molar-refractivity contribution is 7.15. The zero-order valence-electron chi connectivity index (χ0n) is 16.1. The SMILES string of the molecule is CN1CCC(O)(CNC(=O)C2CCc3sc(N4CCOCC4)nc3C2)CC1. The Morgan fingerprint density at radius 2 is 2.07 bits per heavy atom. The third kappa shape index (κ3) is 4.45. The number of hydrogen-bond acceptors (Lipinski definition) is 7. The molecule has 1 aromatic rings. The second kappa shape index (κ2) is 8.03. The topological polar surface area (TPSA) is 77.9 Å². The number of carbonyl (C=O) groups is 1. The molecule has 0 radical (unpaired) electrons. The van der Waals surface area contributed by atoms with Gasteiger partial charge in [0.1, 0.15) is 0 Å². The number of thiazole rings is 1. The summed E-state index contributed by atoms with van der Waals surface area (Å²) in [6, 6.07) is 0. The van der Waals surface area contributed by atoms with Gasteiger partial charge in [0, 0.05) is 49.9 Å². The third-order valence-corrected chi connectivity index (χ3v) is 7.31. The molecule has 1 unspecified atom stereocenters. The van der Waals surface area contributed by atoms with Crippen LogP contribution in [-0.2, 0) is 22.4 Å². The molecule has 27 heavy (non-hydrogen) atoms. The van der Waals surface area contributed by atoms with Crippen molar-refractivity contribution in [3.05, 3.63) is 10.6 Å². The lowest BCUT2D eigenvalue weighted by atomic mass is 9.88. The minimum absolute atomic E-state index is 0.0352. The fraction of sp³-hybridized carbons (Fsp3) is 0.789. The Kier molecular flexibility index (Phi) is 5.68. The zero-order valence-corrected chi connectivity index (χ0v) is 16.9. The second-order valence-corrected chi connectivity index (χ2v) is 9.21. The summed E-state index contributed by atoms with van der Waals surface area (Å²) in [7, 11) is 2.07. The van der Waals surface area contributed by atoms with Gasteiger partial charge in [0.25, 0.3) is 0 Å². The maximum Gasteiger partial charge on any atom is 0.223 e. The van der Waals surface area contributed by atoms with Gasteiger partial charge in [-0.2, -0.15) is 0 Å². The molecule has 1 atom stereocenters. The van der Waals surface area contributed by atoms with E-state index in [0.29, 0.717) is 25.8 Å². The van der Waals surface area contributed by atoms with Gasteiger partial charge in [-0.1, -0.05) is 0 Å². The number of morpholine rings is 1. The lowest BCUT2D eigenvalue weighted by molar-refractivity contribution is -0.127. The number of ether oxygens (including phenoxy) is 1. The van der Waals surface area contributed by atoms with Crippen molar-refractivity contribution in [3.63, 3.8) is 0 Å². The Hall–Kier alpha value is -1.22. The monoisotopic (exact) mass is 394 g/mol. The van der Waals surface area contributed by atoms with Crippen molar-refractivity contribution in [2.24, 2.45) is 5.92 Å². The largest absolute Gasteiger partial charge is 0.388 e. The van der Waals surface area contributed by atoms with E-state index in [4.69, 9.17) is 9.72 Å². The average molecular weight is 395 g/mol. The van der Waals surface area contributed by atoms with Gasteiger partial charge in [-0.3, -0.25) is 4.79 Å². The Morgan fingerprint density at radius 3 is 2.81 bits per heavy atom. The van der Waals surface area contributed by atoms with Crippen LogP contribution in [0.25, 0.3) is 0 Å². The summed E-state index contributed by atoms with van der Waals surface area (Å²) >= 11 is 1.77. The maximum absolute atomic E-state index is 12.7. The number of fused-ring (bicyclic) bond motifs is 1. The Balaban J connectivity index is 1.32. The number of aryl methyl sites for hydroxylation is 1. The normalized spacial score (nSPS) is 25.9. The fourth-order valence-corrected chi connectivity index (χ4v) is 5.24. The van der Waals surface area contributed by atoms with E-state index in [1.54, 1.807) is 11.3 Å². The molecule has 2 fully saturated rings. The average Bonchev–Trinajstić information content (AvgIpc) is 3.13. The first-order valence-electron chi connectivity index (χ1n) is 10.0. The number of aromatic nitrogens is 1. The van der Waals surface area contributed by atoms with E-state index >= 15 is 0 Å². The molecule has 1 aliphatic carbocycles. The van der Waals surface area contributed by atoms with Crippen LogP contribution in [0.1, 0.15) is 29.8 Å². The molecular formula is C19H30N4O3S. The van der Waals surface area contributed by atoms with Crippen LogP contribution in [0.15, 0.2) is 0 Å². The summed E-state index contributed by atoms with van der Waals surface area (Å²) in [6.07, 6.45) is 3.93. The number of aliphatic hydroxyl groups is 1. The van der Waals surface area contributed by atoms with E-state index in [1.807, 2.05) is 0 Å². The van der Waals surface area contributed by atoms with Crippen LogP contribution in [0.4, 0.5) is 5.13 Å². The maximum atomic E-state index is 12.7. The lowest BCUT2D eigenvalue weighted by Gasteiger charge is -2.37. The van der Waals surface area contributed by atoms with Gasteiger partial charge in [-0.15, -0.1) is 11.3 Å². The van der Waals surface area contributed by atoms with Crippen molar-refractivity contribution < 1.29 is 14.6 Å². The second-order valence-electron chi connectivity index (χ2n) is 8.15. The number of hydrogen-bond donors (Lipinski definition) is 2. The first-order valence-corrected chi connectivity index (χ1v) is 10.8. The molecule has 1 aromatic heterocycles. The Bertz CT molecular complexity index is 666. The summed E-state index contributed by atoms with van der Waals surface area (Å²) in [5.74, 6) is 0.0286. The lowest BCUT2D eigenvalue weighted by Crippen LogP contribution is -2.51. The predicted octanol–water partition coefficient (Wildman–Crippen LogP) is 0.658. The van der Waals surface area contributed by atoms with E-state index in [-0.39, 0.29) is 11.8 Å². The Morgan fingerprint density at radius 1 is 1.33 bits per heavy atom. The van der Waals surface area contributed by atoms with Crippen LogP contribution < -0.4 is 10.2 Å². The van der Waals surface area contributed by atoms with Gasteiger partial charge in [0.15, 0.2) is 5.13 Å². The number of piperidine rings is 1. The van der Waals surface area contributed by atoms with E-state index in [2.05, 4.69) is 22.2 Å². The van der Waals surface area contributed by atoms with Crippen LogP contribution in [-0.4, -0.2) is 79.5 Å². The van der Waals surface area contributed by atoms with E-state index in [9.17, 15) is 9.90 Å². The fourth-order valence-electron chi connectivity index (χ4n) is 4.09. The number of carbonyl (C=O) groups excluding carboxylic acids is 1. The highest BCUT2D eigenvalue weighted by atomic mass is 32.1. The van der Waals surface area contributed by atoms with E-state index in [1.165, 1.54) is 4.88 Å². The van der Waals surface area contributed by atoms with Crippen molar-refractivity contribution in [1.82, 2.24) is 15.2 Å². The molecule has 3 aliphatic rings. The molecule has 0 spiro atoms. The molecule has 2 aliphatic heterocycles. The highest BCUT2D eigenvalue weighted by Crippen LogP contribution is 2.34. The van der Waals surface area contributed by atoms with Crippen LogP contribution >= 0.6 is 11.3 Å². The van der Waals surface area contributed by atoms with Crippen molar-refractivity contribution in [3.8, 4) is 0 Å². The summed E-state index contributed by atoms with van der Waals surface area (Å²) in [4.78, 5) is 23.3. The summed E-state index contributed by atoms with van der Waals surface area (Å²) < 4.78 is 5.42. The summed E-state index contributed by atoms with van der Waals surface area (Å²) in [5.41, 5.74) is 0.331. The number of likely N-dealkylation sites (tertiary alicyclic amines) is 1. The van der Waals surface area contributed by atoms with E-state index < -0.39 is 5.60 Å². The number of rotatable bonds is 4. The van der Waals surface area contributed by atoms with Gasteiger partial charge in [0.05, 0.1) is 24.5 Å². The number of nitrogens with one attached hydrogen (secondary N) is 1. The molecule has 1 amide bonds. The molecule has 0 saturated carbocycles. The first kappa shape index (κ1) is 19.1. The van der Waals surface area contributed by atoms with Gasteiger partial charge >= 0.3 is 0 Å². The summed E-state index contributed by atoms with van der Waals surface area (Å²) in [6.45, 7) is 5.42. The summed E-state index contributed by atoms with van der Waals surface area (Å²) in [5, 5.41) is 14.8. The minimum Gasteiger partial charge on any atom is -0.388 e. The quantitative estimate of drug-likeness (QED) is 0.781. The molecule has 0 bridgehead atoms. The molecule has 2 N–H and O–H groups in total. The minimum atomic E-state index is -0.758. The molecule has 4 rings (SSSR count). The molecule has 0 aromatic carbocycles. The van der Waals surface area contributed by atoms with E-state index in [0.717, 1.165) is 63.1 Å². The smallest absolute Gasteiger partial charge is 0.223 e. The van der Waals surface area contributed by atoms with Crippen molar-refractivity contribution in [2.75, 3.05) is 57.9 Å². The van der Waals surface area contributed by atoms with Gasteiger partial charge in [0.2, 0.25) is 5.91 Å². The van der Waals surface area contributed by atoms with Crippen LogP contribution in [0.5, 0.6) is 0 Å². The molecular weight excluding hydrogens is 364 g/mol. The highest BCUT2D eigenvalue weighted by Gasteiger charge is 2.33. The van der Waals surface area contributed by atoms with Gasteiger partial charge in [-0.05, 0) is 32.7 Å². The van der Waals surface area contributed by atoms with Crippen LogP contribution in [0, 0.1) is 5.92 Å². The molecule has 7 nitrogen and oxygen atoms in total. The molecule has 2 saturated heterocycles. The van der Waals surface area contributed by atoms with Crippen LogP contribution in [0.3, 0.4) is 0 Å². The van der Waals surface area contributed by atoms with Crippen molar-refractivity contribution >= 4 is 22.4 Å². The zero-order chi connectivity index (χ0) is 18.9. The molecule has 3 heterocycles. The number of nitrogens with zero attached hydrogens (tertiary/aromatic N) is 3. The Labute approximate surface area is 164 Å². The van der Waals surface area contributed by atoms with Gasteiger partial charge < -0.3 is 25.0 Å². The third-order valence-electron chi connectivity index (χ3n) is 6.09. The first-order chi connectivity index (χ1) is 13.0. The molecule has 150 valence electrons.